The number of sulfonamides is 2. The molecule has 25 heavy (non-hydrogen) atoms. The maximum absolute atomic E-state index is 12.5. The molecule has 7 nitrogen and oxygen atoms in total. The van der Waals surface area contributed by atoms with E-state index in [4.69, 9.17) is 0 Å². The van der Waals surface area contributed by atoms with E-state index < -0.39 is 20.0 Å². The fourth-order valence-electron chi connectivity index (χ4n) is 2.85. The van der Waals surface area contributed by atoms with Crippen molar-refractivity contribution >= 4 is 20.0 Å². The number of hydrogen-bond donors (Lipinski definition) is 3. The van der Waals surface area contributed by atoms with E-state index in [0.717, 1.165) is 38.8 Å². The van der Waals surface area contributed by atoms with Crippen LogP contribution in [0.2, 0.25) is 0 Å². The smallest absolute Gasteiger partial charge is 0.240 e. The molecule has 140 valence electrons. The van der Waals surface area contributed by atoms with Gasteiger partial charge in [-0.3, -0.25) is 0 Å². The first-order chi connectivity index (χ1) is 11.7. The summed E-state index contributed by atoms with van der Waals surface area (Å²) in [5.41, 5.74) is -0.0597. The molecule has 2 aliphatic rings. The number of piperidine rings is 1. The van der Waals surface area contributed by atoms with Crippen LogP contribution in [0.4, 0.5) is 0 Å². The topological polar surface area (TPSA) is 104 Å². The largest absolute Gasteiger partial charge is 0.317 e. The van der Waals surface area contributed by atoms with Crippen molar-refractivity contribution in [3.05, 3.63) is 24.3 Å². The lowest BCUT2D eigenvalue weighted by Gasteiger charge is -2.34. The monoisotopic (exact) mass is 387 g/mol. The fourth-order valence-corrected chi connectivity index (χ4v) is 5.35. The lowest BCUT2D eigenvalue weighted by Crippen LogP contribution is -2.42. The van der Waals surface area contributed by atoms with Gasteiger partial charge in [-0.2, -0.15) is 0 Å². The third-order valence-corrected chi connectivity index (χ3v) is 7.80. The Labute approximate surface area is 149 Å². The summed E-state index contributed by atoms with van der Waals surface area (Å²) in [5.74, 6) is 0. The van der Waals surface area contributed by atoms with Gasteiger partial charge in [0.2, 0.25) is 20.0 Å². The molecule has 1 aliphatic carbocycles. The van der Waals surface area contributed by atoms with Crippen LogP contribution in [0.15, 0.2) is 34.1 Å². The second-order valence-corrected chi connectivity index (χ2v) is 10.7. The SMILES string of the molecule is CC1(CNS(=O)(=O)c2ccc(S(=O)(=O)NC3CC3)cc2)CCNCC1. The van der Waals surface area contributed by atoms with Gasteiger partial charge < -0.3 is 5.32 Å². The van der Waals surface area contributed by atoms with Gasteiger partial charge in [0.15, 0.2) is 0 Å². The molecule has 3 N–H and O–H groups in total. The highest BCUT2D eigenvalue weighted by Gasteiger charge is 2.30. The van der Waals surface area contributed by atoms with Crippen LogP contribution in [0, 0.1) is 5.41 Å². The standard InChI is InChI=1S/C16H25N3O4S2/c1-16(8-10-17-11-9-16)12-18-24(20,21)14-4-6-15(7-5-14)25(22,23)19-13-2-3-13/h4-7,13,17-19H,2-3,8-12H2,1H3. The van der Waals surface area contributed by atoms with Crippen LogP contribution in [-0.4, -0.2) is 42.5 Å². The Morgan fingerprint density at radius 1 is 1.00 bits per heavy atom. The number of nitrogens with one attached hydrogen (secondary N) is 3. The average Bonchev–Trinajstić information content (AvgIpc) is 3.37. The van der Waals surface area contributed by atoms with Gasteiger partial charge in [0.1, 0.15) is 0 Å². The predicted octanol–water partition coefficient (Wildman–Crippen LogP) is 0.795. The summed E-state index contributed by atoms with van der Waals surface area (Å²) in [7, 11) is -7.23. The van der Waals surface area contributed by atoms with E-state index in [1.165, 1.54) is 24.3 Å². The zero-order chi connectivity index (χ0) is 18.1. The molecule has 0 atom stereocenters. The van der Waals surface area contributed by atoms with E-state index in [1.54, 1.807) is 0 Å². The van der Waals surface area contributed by atoms with Gasteiger partial charge in [0, 0.05) is 12.6 Å². The minimum atomic E-state index is -3.66. The quantitative estimate of drug-likeness (QED) is 0.642. The van der Waals surface area contributed by atoms with Crippen molar-refractivity contribution in [3.8, 4) is 0 Å². The normalized spacial score (nSPS) is 21.2. The molecule has 3 rings (SSSR count). The van der Waals surface area contributed by atoms with E-state index in [1.807, 2.05) is 0 Å². The highest BCUT2D eigenvalue weighted by molar-refractivity contribution is 7.90. The Morgan fingerprint density at radius 2 is 1.52 bits per heavy atom. The minimum absolute atomic E-state index is 0.0146. The summed E-state index contributed by atoms with van der Waals surface area (Å²) >= 11 is 0. The maximum Gasteiger partial charge on any atom is 0.240 e. The van der Waals surface area contributed by atoms with Crippen molar-refractivity contribution in [2.75, 3.05) is 19.6 Å². The van der Waals surface area contributed by atoms with E-state index in [-0.39, 0.29) is 21.2 Å². The molecule has 1 aliphatic heterocycles. The highest BCUT2D eigenvalue weighted by atomic mass is 32.2. The fraction of sp³-hybridized carbons (Fsp3) is 0.625. The first-order valence-electron chi connectivity index (χ1n) is 8.53. The molecule has 2 fully saturated rings. The Balaban J connectivity index is 1.67. The number of benzene rings is 1. The predicted molar refractivity (Wildman–Crippen MR) is 95.2 cm³/mol. The summed E-state index contributed by atoms with van der Waals surface area (Å²) in [6, 6.07) is 5.38. The van der Waals surface area contributed by atoms with Crippen molar-refractivity contribution in [2.45, 2.75) is 48.4 Å². The summed E-state index contributed by atoms with van der Waals surface area (Å²) in [4.78, 5) is 0.166. The molecule has 1 heterocycles. The van der Waals surface area contributed by atoms with Gasteiger partial charge >= 0.3 is 0 Å². The Hall–Kier alpha value is -1.00. The Morgan fingerprint density at radius 3 is 2.04 bits per heavy atom. The molecule has 0 bridgehead atoms. The molecule has 0 amide bonds. The summed E-state index contributed by atoms with van der Waals surface area (Å²) < 4.78 is 54.5. The summed E-state index contributed by atoms with van der Waals surface area (Å²) in [5, 5.41) is 3.27. The molecule has 1 saturated heterocycles. The number of rotatable bonds is 7. The van der Waals surface area contributed by atoms with Gasteiger partial charge in [-0.15, -0.1) is 0 Å². The van der Waals surface area contributed by atoms with Crippen LogP contribution in [0.1, 0.15) is 32.6 Å². The van der Waals surface area contributed by atoms with Gasteiger partial charge in [-0.05, 0) is 68.5 Å². The Bertz CT molecular complexity index is 809. The summed E-state index contributed by atoms with van der Waals surface area (Å²) in [6.45, 7) is 4.23. The second kappa shape index (κ2) is 6.96. The van der Waals surface area contributed by atoms with Crippen molar-refractivity contribution in [2.24, 2.45) is 5.41 Å². The third kappa shape index (κ3) is 4.79. The molecular weight excluding hydrogens is 362 g/mol. The van der Waals surface area contributed by atoms with Gasteiger partial charge in [-0.25, -0.2) is 26.3 Å². The lowest BCUT2D eigenvalue weighted by atomic mass is 9.81. The average molecular weight is 388 g/mol. The van der Waals surface area contributed by atoms with Gasteiger partial charge in [0.05, 0.1) is 9.79 Å². The molecule has 1 aromatic rings. The van der Waals surface area contributed by atoms with E-state index in [2.05, 4.69) is 21.7 Å². The third-order valence-electron chi connectivity index (χ3n) is 4.84. The van der Waals surface area contributed by atoms with Crippen LogP contribution in [-0.2, 0) is 20.0 Å². The molecule has 0 unspecified atom stereocenters. The van der Waals surface area contributed by atoms with Crippen molar-refractivity contribution in [3.63, 3.8) is 0 Å². The highest BCUT2D eigenvalue weighted by Crippen LogP contribution is 2.27. The van der Waals surface area contributed by atoms with Crippen LogP contribution >= 0.6 is 0 Å². The van der Waals surface area contributed by atoms with Crippen LogP contribution in [0.25, 0.3) is 0 Å². The van der Waals surface area contributed by atoms with E-state index in [9.17, 15) is 16.8 Å². The minimum Gasteiger partial charge on any atom is -0.317 e. The van der Waals surface area contributed by atoms with Gasteiger partial charge in [0.25, 0.3) is 0 Å². The molecule has 0 spiro atoms. The van der Waals surface area contributed by atoms with Crippen LogP contribution in [0.5, 0.6) is 0 Å². The van der Waals surface area contributed by atoms with E-state index >= 15 is 0 Å². The first kappa shape index (κ1) is 18.8. The zero-order valence-corrected chi connectivity index (χ0v) is 15.9. The maximum atomic E-state index is 12.5. The van der Waals surface area contributed by atoms with Gasteiger partial charge in [-0.1, -0.05) is 6.92 Å². The van der Waals surface area contributed by atoms with Crippen molar-refractivity contribution in [1.82, 2.24) is 14.8 Å². The van der Waals surface area contributed by atoms with Crippen LogP contribution in [0.3, 0.4) is 0 Å². The first-order valence-corrected chi connectivity index (χ1v) is 11.5. The molecule has 0 radical (unpaired) electrons. The molecule has 0 aromatic heterocycles. The second-order valence-electron chi connectivity index (χ2n) is 7.25. The number of hydrogen-bond acceptors (Lipinski definition) is 5. The molecule has 1 aromatic carbocycles. The lowest BCUT2D eigenvalue weighted by molar-refractivity contribution is 0.232. The zero-order valence-electron chi connectivity index (χ0n) is 14.3. The van der Waals surface area contributed by atoms with Crippen molar-refractivity contribution in [1.29, 1.82) is 0 Å². The van der Waals surface area contributed by atoms with Crippen LogP contribution < -0.4 is 14.8 Å². The summed E-state index contributed by atoms with van der Waals surface area (Å²) in [6.07, 6.45) is 3.53. The van der Waals surface area contributed by atoms with E-state index in [0.29, 0.717) is 6.54 Å². The molecule has 9 heteroatoms. The van der Waals surface area contributed by atoms with Crippen molar-refractivity contribution < 1.29 is 16.8 Å². The Kier molecular flexibility index (Phi) is 5.23. The molecular formula is C16H25N3O4S2. The molecule has 1 saturated carbocycles.